The molecule has 12 heteroatoms. The summed E-state index contributed by atoms with van der Waals surface area (Å²) in [6.45, 7) is 33.0. The van der Waals surface area contributed by atoms with Crippen LogP contribution in [-0.2, 0) is 23.2 Å². The fraction of sp³-hybridized carbons (Fsp3) is 0.738. The van der Waals surface area contributed by atoms with Gasteiger partial charge in [0.2, 0.25) is 5.65 Å². The molecule has 0 aliphatic heterocycles. The average Bonchev–Trinajstić information content (AvgIpc) is 3.45. The molecule has 0 fully saturated rings. The first-order valence-corrected chi connectivity index (χ1v) is 26.0. The molecule has 2 aliphatic carbocycles. The number of esters is 1. The van der Waals surface area contributed by atoms with Crippen LogP contribution in [-0.4, -0.2) is 67.0 Å². The zero-order valence-corrected chi connectivity index (χ0v) is 38.0. The molecule has 4 rings (SSSR count). The monoisotopic (exact) mass is 782 g/mol. The van der Waals surface area contributed by atoms with E-state index in [2.05, 4.69) is 115 Å². The van der Waals surface area contributed by atoms with Gasteiger partial charge in [-0.05, 0) is 128 Å². The minimum Gasteiger partial charge on any atom is -0.461 e. The van der Waals surface area contributed by atoms with E-state index in [1.54, 1.807) is 18.3 Å². The molecular weight excluding hydrogens is 713 g/mol. The molecule has 0 spiro atoms. The van der Waals surface area contributed by atoms with Gasteiger partial charge in [0.05, 0.1) is 17.9 Å². The van der Waals surface area contributed by atoms with E-state index < -0.39 is 34.1 Å². The lowest BCUT2D eigenvalue weighted by Crippen LogP contribution is -2.48. The van der Waals surface area contributed by atoms with Crippen LogP contribution in [0.25, 0.3) is 11.2 Å². The van der Waals surface area contributed by atoms with Gasteiger partial charge < -0.3 is 18.4 Å². The molecule has 2 aromatic heterocycles. The van der Waals surface area contributed by atoms with Crippen LogP contribution in [0.1, 0.15) is 115 Å². The Kier molecular flexibility index (Phi) is 13.7. The molecule has 10 nitrogen and oxygen atoms in total. The minimum absolute atomic E-state index is 0.0111. The van der Waals surface area contributed by atoms with Crippen molar-refractivity contribution < 1.29 is 28.0 Å². The fourth-order valence-electron chi connectivity index (χ4n) is 7.05. The van der Waals surface area contributed by atoms with Crippen molar-refractivity contribution in [2.75, 3.05) is 0 Å². The standard InChI is InChI=1S/C42H70N4O6Si2/c1-16-42(10,11)39(48)49-35-25-28(2)24-30-20-19-29(3)33(37(30)35)22-21-31(51-53(12,13)40(4,5)6)26-32(52-54(14,15)41(7,8)9)27-36(47)50-46-38-34(44-45-46)18-17-23-43-38/h17-20,23-24,28-29,31-33,35,37H,16,21-22,25-27H2,1-15H3/t28-,29-,31+,32+,33-,35-,37-/m1/s1. The number of carbonyl (C=O) groups excluding carboxylic acids is 2. The van der Waals surface area contributed by atoms with Gasteiger partial charge in [0.15, 0.2) is 16.6 Å². The Morgan fingerprint density at radius 3 is 2.20 bits per heavy atom. The number of hydrogen-bond acceptors (Lipinski definition) is 9. The Morgan fingerprint density at radius 1 is 0.963 bits per heavy atom. The van der Waals surface area contributed by atoms with E-state index in [1.165, 1.54) is 5.57 Å². The summed E-state index contributed by atoms with van der Waals surface area (Å²) in [6.07, 6.45) is 11.6. The first-order chi connectivity index (χ1) is 24.8. The van der Waals surface area contributed by atoms with Crippen LogP contribution in [0.5, 0.6) is 0 Å². The van der Waals surface area contributed by atoms with E-state index in [0.717, 1.165) is 30.5 Å². The number of aromatic nitrogens is 4. The largest absolute Gasteiger partial charge is 0.461 e. The third-order valence-electron chi connectivity index (χ3n) is 12.9. The van der Waals surface area contributed by atoms with Crippen molar-refractivity contribution in [1.29, 1.82) is 0 Å². The number of hydrogen-bond donors (Lipinski definition) is 0. The Labute approximate surface area is 327 Å². The lowest BCUT2D eigenvalue weighted by atomic mass is 9.65. The summed E-state index contributed by atoms with van der Waals surface area (Å²) in [4.78, 5) is 38.3. The summed E-state index contributed by atoms with van der Waals surface area (Å²) in [5.41, 5.74) is 1.68. The van der Waals surface area contributed by atoms with Crippen LogP contribution in [0, 0.1) is 29.1 Å². The molecule has 2 aromatic rings. The molecule has 302 valence electrons. The SMILES string of the molecule is CCC(C)(C)C(=O)O[C@@H]1C[C@H](C)C=C2C=C[C@@H](C)[C@@H](CC[C@@H](C[C@@H](CC(=O)On3nnc4cccnc43)O[Si](C)(C)C(C)(C)C)O[Si](C)(C)C(C)(C)C)[C@@H]21. The summed E-state index contributed by atoms with van der Waals surface area (Å²) in [6, 6.07) is 3.55. The van der Waals surface area contributed by atoms with Crippen LogP contribution in [0.15, 0.2) is 42.1 Å². The highest BCUT2D eigenvalue weighted by atomic mass is 28.4. The molecule has 2 aliphatic rings. The van der Waals surface area contributed by atoms with E-state index >= 15 is 0 Å². The maximum Gasteiger partial charge on any atom is 0.337 e. The highest BCUT2D eigenvalue weighted by Gasteiger charge is 2.45. The van der Waals surface area contributed by atoms with Crippen LogP contribution in [0.3, 0.4) is 0 Å². The van der Waals surface area contributed by atoms with Crippen LogP contribution in [0.4, 0.5) is 0 Å². The number of pyridine rings is 1. The van der Waals surface area contributed by atoms with Gasteiger partial charge in [-0.15, -0.1) is 5.10 Å². The van der Waals surface area contributed by atoms with Crippen molar-refractivity contribution in [2.24, 2.45) is 29.1 Å². The first kappa shape index (κ1) is 44.0. The number of rotatable bonds is 15. The van der Waals surface area contributed by atoms with Crippen LogP contribution >= 0.6 is 0 Å². The van der Waals surface area contributed by atoms with Crippen LogP contribution in [0.2, 0.25) is 36.3 Å². The molecule has 7 atom stereocenters. The number of fused-ring (bicyclic) bond motifs is 2. The fourth-order valence-corrected chi connectivity index (χ4v) is 9.81. The minimum atomic E-state index is -2.32. The van der Waals surface area contributed by atoms with Gasteiger partial charge in [0.1, 0.15) is 11.6 Å². The molecule has 0 N–H and O–H groups in total. The van der Waals surface area contributed by atoms with E-state index in [1.807, 2.05) is 20.8 Å². The van der Waals surface area contributed by atoms with E-state index in [0.29, 0.717) is 29.4 Å². The summed E-state index contributed by atoms with van der Waals surface area (Å²) >= 11 is 0. The van der Waals surface area contributed by atoms with Crippen molar-refractivity contribution in [3.8, 4) is 0 Å². The molecule has 54 heavy (non-hydrogen) atoms. The van der Waals surface area contributed by atoms with E-state index in [4.69, 9.17) is 18.4 Å². The average molecular weight is 783 g/mol. The topological polar surface area (TPSA) is 115 Å². The summed E-state index contributed by atoms with van der Waals surface area (Å²) in [5.74, 6) is 0.433. The molecule has 0 radical (unpaired) electrons. The zero-order valence-electron chi connectivity index (χ0n) is 36.0. The molecule has 2 heterocycles. The van der Waals surface area contributed by atoms with Gasteiger partial charge in [0, 0.05) is 18.2 Å². The summed E-state index contributed by atoms with van der Waals surface area (Å²) < 4.78 is 20.8. The number of carbonyl (C=O) groups is 2. The maximum absolute atomic E-state index is 13.7. The van der Waals surface area contributed by atoms with Crippen molar-refractivity contribution in [3.63, 3.8) is 0 Å². The van der Waals surface area contributed by atoms with Gasteiger partial charge in [-0.25, -0.2) is 9.78 Å². The Hall–Kier alpha value is -2.68. The molecule has 0 amide bonds. The number of ether oxygens (including phenoxy) is 1. The van der Waals surface area contributed by atoms with Crippen molar-refractivity contribution in [1.82, 2.24) is 20.1 Å². The second-order valence-electron chi connectivity index (χ2n) is 19.8. The lowest BCUT2D eigenvalue weighted by molar-refractivity contribution is -0.164. The third kappa shape index (κ3) is 10.6. The van der Waals surface area contributed by atoms with Gasteiger partial charge in [0.25, 0.3) is 0 Å². The Bertz CT molecular complexity index is 1670. The van der Waals surface area contributed by atoms with Crippen molar-refractivity contribution in [2.45, 2.75) is 169 Å². The molecule has 0 saturated carbocycles. The van der Waals surface area contributed by atoms with Gasteiger partial charge in [-0.2, -0.15) is 0 Å². The Balaban J connectivity index is 1.64. The third-order valence-corrected chi connectivity index (χ3v) is 22.0. The molecular formula is C42H70N4O6Si2. The van der Waals surface area contributed by atoms with Gasteiger partial charge in [-0.3, -0.25) is 4.79 Å². The normalized spacial score (nSPS) is 23.8. The number of allylic oxidation sites excluding steroid dienone is 3. The first-order valence-electron chi connectivity index (χ1n) is 20.2. The second-order valence-corrected chi connectivity index (χ2v) is 29.3. The summed E-state index contributed by atoms with van der Waals surface area (Å²) in [5, 5.41) is 8.05. The highest BCUT2D eigenvalue weighted by molar-refractivity contribution is 6.74. The highest BCUT2D eigenvalue weighted by Crippen LogP contribution is 2.47. The number of nitrogens with zero attached hydrogens (tertiary/aromatic N) is 4. The second kappa shape index (κ2) is 16.8. The smallest absolute Gasteiger partial charge is 0.337 e. The zero-order chi connectivity index (χ0) is 40.4. The van der Waals surface area contributed by atoms with Crippen LogP contribution < -0.4 is 4.84 Å². The molecule has 0 saturated heterocycles. The predicted molar refractivity (Wildman–Crippen MR) is 221 cm³/mol. The van der Waals surface area contributed by atoms with Gasteiger partial charge in [-0.1, -0.05) is 80.5 Å². The lowest BCUT2D eigenvalue weighted by Gasteiger charge is -2.45. The maximum atomic E-state index is 13.7. The van der Waals surface area contributed by atoms with E-state index in [-0.39, 0.29) is 46.5 Å². The predicted octanol–water partition coefficient (Wildman–Crippen LogP) is 9.88. The molecule has 0 aromatic carbocycles. The van der Waals surface area contributed by atoms with E-state index in [9.17, 15) is 9.59 Å². The van der Waals surface area contributed by atoms with Crippen molar-refractivity contribution in [3.05, 3.63) is 42.1 Å². The Morgan fingerprint density at radius 2 is 1.59 bits per heavy atom. The molecule has 0 bridgehead atoms. The van der Waals surface area contributed by atoms with Gasteiger partial charge >= 0.3 is 11.9 Å². The quantitative estimate of drug-likeness (QED) is 0.0990. The molecule has 0 unspecified atom stereocenters. The summed E-state index contributed by atoms with van der Waals surface area (Å²) in [7, 11) is -4.57. The van der Waals surface area contributed by atoms with Crippen molar-refractivity contribution >= 4 is 39.7 Å².